The Hall–Kier alpha value is -2.49. The molecule has 0 amide bonds. The van der Waals surface area contributed by atoms with Gasteiger partial charge in [0.2, 0.25) is 0 Å². The van der Waals surface area contributed by atoms with Crippen molar-refractivity contribution in [3.63, 3.8) is 0 Å². The minimum absolute atomic E-state index is 0.440. The number of para-hydroxylation sites is 2. The molecule has 4 heteroatoms. The molecule has 4 nitrogen and oxygen atoms in total. The number of hydrogen-bond donors (Lipinski definition) is 0. The van der Waals surface area contributed by atoms with E-state index in [2.05, 4.69) is 22.5 Å². The van der Waals surface area contributed by atoms with E-state index in [1.165, 1.54) is 0 Å². The molecule has 0 saturated heterocycles. The van der Waals surface area contributed by atoms with Gasteiger partial charge in [-0.05, 0) is 31.2 Å². The van der Waals surface area contributed by atoms with E-state index in [4.69, 9.17) is 9.47 Å². The number of aryl methyl sites for hydroxylation is 1. The van der Waals surface area contributed by atoms with Gasteiger partial charge in [-0.3, -0.25) is 0 Å². The fourth-order valence-electron chi connectivity index (χ4n) is 2.43. The molecule has 0 aliphatic rings. The average Bonchev–Trinajstić information content (AvgIpc) is 2.90. The molecule has 21 heavy (non-hydrogen) atoms. The summed E-state index contributed by atoms with van der Waals surface area (Å²) in [6.45, 7) is 3.43. The molecule has 1 heterocycles. The standard InChI is InChI=1S/C17H18N2O2/c1-3-19-16-10-5-4-9-15(16)18-17(19)12-21-14-8-6-7-13(11-14)20-2/h4-11H,3,12H2,1-2H3. The number of aromatic nitrogens is 2. The first-order valence-electron chi connectivity index (χ1n) is 7.03. The highest BCUT2D eigenvalue weighted by Gasteiger charge is 2.09. The molecule has 0 aliphatic heterocycles. The van der Waals surface area contributed by atoms with Gasteiger partial charge in [-0.15, -0.1) is 0 Å². The fraction of sp³-hybridized carbons (Fsp3) is 0.235. The second kappa shape index (κ2) is 5.87. The zero-order valence-corrected chi connectivity index (χ0v) is 12.2. The van der Waals surface area contributed by atoms with Crippen LogP contribution in [0.25, 0.3) is 11.0 Å². The van der Waals surface area contributed by atoms with Crippen molar-refractivity contribution >= 4 is 11.0 Å². The predicted octanol–water partition coefficient (Wildman–Crippen LogP) is 3.64. The summed E-state index contributed by atoms with van der Waals surface area (Å²) in [5.41, 5.74) is 2.15. The normalized spacial score (nSPS) is 10.8. The second-order valence-electron chi connectivity index (χ2n) is 4.73. The maximum Gasteiger partial charge on any atom is 0.147 e. The van der Waals surface area contributed by atoms with Crippen molar-refractivity contribution in [2.45, 2.75) is 20.1 Å². The van der Waals surface area contributed by atoms with Gasteiger partial charge in [-0.25, -0.2) is 4.98 Å². The van der Waals surface area contributed by atoms with Gasteiger partial charge in [0, 0.05) is 12.6 Å². The molecule has 1 aromatic heterocycles. The van der Waals surface area contributed by atoms with E-state index in [1.54, 1.807) is 7.11 Å². The number of benzene rings is 2. The zero-order valence-electron chi connectivity index (χ0n) is 12.2. The van der Waals surface area contributed by atoms with Crippen LogP contribution in [0.5, 0.6) is 11.5 Å². The van der Waals surface area contributed by atoms with E-state index in [9.17, 15) is 0 Å². The Morgan fingerprint density at radius 2 is 1.86 bits per heavy atom. The average molecular weight is 282 g/mol. The van der Waals surface area contributed by atoms with Crippen LogP contribution in [-0.2, 0) is 13.2 Å². The SMILES string of the molecule is CCn1c(COc2cccc(OC)c2)nc2ccccc21. The first-order valence-corrected chi connectivity index (χ1v) is 7.03. The van der Waals surface area contributed by atoms with Crippen LogP contribution in [-0.4, -0.2) is 16.7 Å². The lowest BCUT2D eigenvalue weighted by Crippen LogP contribution is -2.06. The summed E-state index contributed by atoms with van der Waals surface area (Å²) >= 11 is 0. The molecule has 0 saturated carbocycles. The fourth-order valence-corrected chi connectivity index (χ4v) is 2.43. The van der Waals surface area contributed by atoms with E-state index in [-0.39, 0.29) is 0 Å². The Labute approximate surface area is 123 Å². The third-order valence-corrected chi connectivity index (χ3v) is 3.46. The van der Waals surface area contributed by atoms with E-state index >= 15 is 0 Å². The second-order valence-corrected chi connectivity index (χ2v) is 4.73. The van der Waals surface area contributed by atoms with Crippen molar-refractivity contribution in [1.82, 2.24) is 9.55 Å². The molecule has 0 unspecified atom stereocenters. The molecule has 3 rings (SSSR count). The molecular formula is C17H18N2O2. The topological polar surface area (TPSA) is 36.3 Å². The maximum atomic E-state index is 5.84. The van der Waals surface area contributed by atoms with Gasteiger partial charge >= 0.3 is 0 Å². The minimum atomic E-state index is 0.440. The molecule has 0 N–H and O–H groups in total. The Morgan fingerprint density at radius 3 is 2.67 bits per heavy atom. The third-order valence-electron chi connectivity index (χ3n) is 3.46. The highest BCUT2D eigenvalue weighted by Crippen LogP contribution is 2.21. The number of hydrogen-bond acceptors (Lipinski definition) is 3. The number of nitrogens with zero attached hydrogens (tertiary/aromatic N) is 2. The molecule has 0 spiro atoms. The van der Waals surface area contributed by atoms with Crippen molar-refractivity contribution in [1.29, 1.82) is 0 Å². The largest absolute Gasteiger partial charge is 0.497 e. The molecule has 108 valence electrons. The number of ether oxygens (including phenoxy) is 2. The van der Waals surface area contributed by atoms with Crippen molar-refractivity contribution in [2.24, 2.45) is 0 Å². The Balaban J connectivity index is 1.84. The van der Waals surface area contributed by atoms with Gasteiger partial charge in [-0.2, -0.15) is 0 Å². The number of imidazole rings is 1. The number of fused-ring (bicyclic) bond motifs is 1. The summed E-state index contributed by atoms with van der Waals surface area (Å²) in [6.07, 6.45) is 0. The predicted molar refractivity (Wildman–Crippen MR) is 82.7 cm³/mol. The number of methoxy groups -OCH3 is 1. The molecule has 3 aromatic rings. The van der Waals surface area contributed by atoms with Crippen molar-refractivity contribution in [2.75, 3.05) is 7.11 Å². The van der Waals surface area contributed by atoms with Crippen LogP contribution in [0.3, 0.4) is 0 Å². The molecule has 2 aromatic carbocycles. The third kappa shape index (κ3) is 2.70. The molecular weight excluding hydrogens is 264 g/mol. The van der Waals surface area contributed by atoms with Gasteiger partial charge in [0.25, 0.3) is 0 Å². The van der Waals surface area contributed by atoms with Gasteiger partial charge in [-0.1, -0.05) is 18.2 Å². The van der Waals surface area contributed by atoms with Crippen LogP contribution < -0.4 is 9.47 Å². The summed E-state index contributed by atoms with van der Waals surface area (Å²) in [6, 6.07) is 15.7. The highest BCUT2D eigenvalue weighted by molar-refractivity contribution is 5.75. The molecule has 0 bridgehead atoms. The lowest BCUT2D eigenvalue weighted by Gasteiger charge is -2.09. The van der Waals surface area contributed by atoms with Gasteiger partial charge in [0.1, 0.15) is 23.9 Å². The first kappa shape index (κ1) is 13.5. The monoisotopic (exact) mass is 282 g/mol. The smallest absolute Gasteiger partial charge is 0.147 e. The molecule has 0 atom stereocenters. The lowest BCUT2D eigenvalue weighted by atomic mass is 10.3. The summed E-state index contributed by atoms with van der Waals surface area (Å²) < 4.78 is 13.2. The summed E-state index contributed by atoms with van der Waals surface area (Å²) in [7, 11) is 1.65. The minimum Gasteiger partial charge on any atom is -0.497 e. The Morgan fingerprint density at radius 1 is 1.05 bits per heavy atom. The van der Waals surface area contributed by atoms with E-state index in [0.29, 0.717) is 6.61 Å². The van der Waals surface area contributed by atoms with Gasteiger partial charge in [0.05, 0.1) is 18.1 Å². The van der Waals surface area contributed by atoms with E-state index in [0.717, 1.165) is 34.9 Å². The Kier molecular flexibility index (Phi) is 3.77. The van der Waals surface area contributed by atoms with Crippen molar-refractivity contribution in [3.05, 3.63) is 54.4 Å². The van der Waals surface area contributed by atoms with Crippen LogP contribution in [0.15, 0.2) is 48.5 Å². The number of rotatable bonds is 5. The van der Waals surface area contributed by atoms with E-state index < -0.39 is 0 Å². The van der Waals surface area contributed by atoms with Crippen LogP contribution in [0, 0.1) is 0 Å². The van der Waals surface area contributed by atoms with Crippen molar-refractivity contribution < 1.29 is 9.47 Å². The lowest BCUT2D eigenvalue weighted by molar-refractivity contribution is 0.288. The summed E-state index contributed by atoms with van der Waals surface area (Å²) in [4.78, 5) is 4.65. The molecule has 0 fully saturated rings. The Bertz CT molecular complexity index is 749. The van der Waals surface area contributed by atoms with Gasteiger partial charge < -0.3 is 14.0 Å². The maximum absolute atomic E-state index is 5.84. The van der Waals surface area contributed by atoms with Gasteiger partial charge in [0.15, 0.2) is 0 Å². The molecule has 0 radical (unpaired) electrons. The zero-order chi connectivity index (χ0) is 14.7. The quantitative estimate of drug-likeness (QED) is 0.716. The van der Waals surface area contributed by atoms with Crippen molar-refractivity contribution in [3.8, 4) is 11.5 Å². The highest BCUT2D eigenvalue weighted by atomic mass is 16.5. The van der Waals surface area contributed by atoms with Crippen LogP contribution >= 0.6 is 0 Å². The molecule has 0 aliphatic carbocycles. The van der Waals surface area contributed by atoms with Crippen LogP contribution in [0.1, 0.15) is 12.7 Å². The summed E-state index contributed by atoms with van der Waals surface area (Å²) in [5, 5.41) is 0. The first-order chi connectivity index (χ1) is 10.3. The van der Waals surface area contributed by atoms with E-state index in [1.807, 2.05) is 42.5 Å². The summed E-state index contributed by atoms with van der Waals surface area (Å²) in [5.74, 6) is 2.50. The van der Waals surface area contributed by atoms with Crippen LogP contribution in [0.2, 0.25) is 0 Å². The van der Waals surface area contributed by atoms with Crippen LogP contribution in [0.4, 0.5) is 0 Å².